The van der Waals surface area contributed by atoms with Crippen LogP contribution < -0.4 is 5.32 Å². The average molecular weight is 270 g/mol. The standard InChI is InChI=1S/C15H30N2O2/c1-4-13-8-7-10-17(12-13)11-9-14(16-5-2)15(18)19-6-3/h13-14,16H,4-12H2,1-3H3. The molecule has 19 heavy (non-hydrogen) atoms. The fourth-order valence-corrected chi connectivity index (χ4v) is 2.79. The van der Waals surface area contributed by atoms with E-state index < -0.39 is 0 Å². The molecule has 0 aromatic heterocycles. The Morgan fingerprint density at radius 3 is 2.84 bits per heavy atom. The van der Waals surface area contributed by atoms with Crippen molar-refractivity contribution in [1.82, 2.24) is 10.2 Å². The fraction of sp³-hybridized carbons (Fsp3) is 0.933. The maximum atomic E-state index is 11.8. The van der Waals surface area contributed by atoms with Crippen LogP contribution in [-0.4, -0.2) is 49.7 Å². The Bertz CT molecular complexity index is 259. The van der Waals surface area contributed by atoms with Crippen molar-refractivity contribution in [3.8, 4) is 0 Å². The minimum atomic E-state index is -0.146. The Morgan fingerprint density at radius 1 is 1.42 bits per heavy atom. The van der Waals surface area contributed by atoms with E-state index in [1.807, 2.05) is 13.8 Å². The molecule has 0 spiro atoms. The number of likely N-dealkylation sites (tertiary alicyclic amines) is 1. The Morgan fingerprint density at radius 2 is 2.21 bits per heavy atom. The molecule has 2 unspecified atom stereocenters. The van der Waals surface area contributed by atoms with Gasteiger partial charge in [0.05, 0.1) is 6.61 Å². The number of piperidine rings is 1. The highest BCUT2D eigenvalue weighted by atomic mass is 16.5. The molecular weight excluding hydrogens is 240 g/mol. The number of nitrogens with zero attached hydrogens (tertiary/aromatic N) is 1. The molecule has 4 heteroatoms. The number of nitrogens with one attached hydrogen (secondary N) is 1. The molecule has 0 bridgehead atoms. The van der Waals surface area contributed by atoms with Crippen molar-refractivity contribution in [3.05, 3.63) is 0 Å². The summed E-state index contributed by atoms with van der Waals surface area (Å²) in [5, 5.41) is 3.23. The molecule has 0 amide bonds. The van der Waals surface area contributed by atoms with Crippen LogP contribution in [0.2, 0.25) is 0 Å². The Kier molecular flexibility index (Phi) is 8.07. The minimum Gasteiger partial charge on any atom is -0.465 e. The van der Waals surface area contributed by atoms with Gasteiger partial charge in [0.1, 0.15) is 6.04 Å². The SMILES string of the molecule is CCNC(CCN1CCCC(CC)C1)C(=O)OCC. The van der Waals surface area contributed by atoms with E-state index in [2.05, 4.69) is 17.1 Å². The Hall–Kier alpha value is -0.610. The molecule has 0 radical (unpaired) electrons. The number of ether oxygens (including phenoxy) is 1. The van der Waals surface area contributed by atoms with Crippen LogP contribution in [-0.2, 0) is 9.53 Å². The zero-order valence-corrected chi connectivity index (χ0v) is 12.8. The molecule has 2 atom stereocenters. The number of carbonyl (C=O) groups excluding carboxylic acids is 1. The van der Waals surface area contributed by atoms with Gasteiger partial charge in [0.25, 0.3) is 0 Å². The second kappa shape index (κ2) is 9.32. The molecule has 1 aliphatic heterocycles. The second-order valence-corrected chi connectivity index (χ2v) is 5.37. The van der Waals surface area contributed by atoms with Crippen molar-refractivity contribution in [3.63, 3.8) is 0 Å². The van der Waals surface area contributed by atoms with Crippen LogP contribution in [0.5, 0.6) is 0 Å². The van der Waals surface area contributed by atoms with E-state index >= 15 is 0 Å². The molecule has 4 nitrogen and oxygen atoms in total. The molecule has 1 N–H and O–H groups in total. The van der Waals surface area contributed by atoms with Crippen molar-refractivity contribution >= 4 is 5.97 Å². The van der Waals surface area contributed by atoms with Crippen molar-refractivity contribution < 1.29 is 9.53 Å². The molecule has 0 saturated carbocycles. The van der Waals surface area contributed by atoms with Gasteiger partial charge in [-0.3, -0.25) is 4.79 Å². The zero-order valence-electron chi connectivity index (χ0n) is 12.8. The van der Waals surface area contributed by atoms with Gasteiger partial charge in [0.15, 0.2) is 0 Å². The van der Waals surface area contributed by atoms with Crippen LogP contribution in [0.1, 0.15) is 46.5 Å². The second-order valence-electron chi connectivity index (χ2n) is 5.37. The summed E-state index contributed by atoms with van der Waals surface area (Å²) in [6, 6.07) is -0.146. The van der Waals surface area contributed by atoms with Crippen LogP contribution in [0.15, 0.2) is 0 Å². The molecule has 112 valence electrons. The molecule has 0 aliphatic carbocycles. The summed E-state index contributed by atoms with van der Waals surface area (Å²) < 4.78 is 5.12. The fourth-order valence-electron chi connectivity index (χ4n) is 2.79. The summed E-state index contributed by atoms with van der Waals surface area (Å²) in [5.74, 6) is 0.738. The molecule has 1 heterocycles. The van der Waals surface area contributed by atoms with Crippen LogP contribution in [0, 0.1) is 5.92 Å². The number of likely N-dealkylation sites (N-methyl/N-ethyl adjacent to an activating group) is 1. The third-order valence-corrected chi connectivity index (χ3v) is 3.94. The summed E-state index contributed by atoms with van der Waals surface area (Å²) in [6.45, 7) is 10.8. The maximum absolute atomic E-state index is 11.8. The first kappa shape index (κ1) is 16.4. The Balaban J connectivity index is 2.35. The van der Waals surface area contributed by atoms with Gasteiger partial charge in [-0.05, 0) is 45.2 Å². The van der Waals surface area contributed by atoms with Crippen molar-refractivity contribution in [2.45, 2.75) is 52.5 Å². The number of hydrogen-bond acceptors (Lipinski definition) is 4. The van der Waals surface area contributed by atoms with E-state index in [1.165, 1.54) is 32.4 Å². The van der Waals surface area contributed by atoms with E-state index in [1.54, 1.807) is 0 Å². The van der Waals surface area contributed by atoms with Gasteiger partial charge in [-0.1, -0.05) is 20.3 Å². The van der Waals surface area contributed by atoms with Crippen LogP contribution in [0.25, 0.3) is 0 Å². The van der Waals surface area contributed by atoms with E-state index in [9.17, 15) is 4.79 Å². The summed E-state index contributed by atoms with van der Waals surface area (Å²) in [4.78, 5) is 14.3. The maximum Gasteiger partial charge on any atom is 0.323 e. The van der Waals surface area contributed by atoms with E-state index in [4.69, 9.17) is 4.74 Å². The summed E-state index contributed by atoms with van der Waals surface area (Å²) >= 11 is 0. The molecule has 1 saturated heterocycles. The molecule has 0 aromatic carbocycles. The third kappa shape index (κ3) is 5.91. The lowest BCUT2D eigenvalue weighted by Crippen LogP contribution is -2.43. The monoisotopic (exact) mass is 270 g/mol. The Labute approximate surface area is 117 Å². The highest BCUT2D eigenvalue weighted by Crippen LogP contribution is 2.19. The van der Waals surface area contributed by atoms with Crippen molar-refractivity contribution in [2.75, 3.05) is 32.8 Å². The number of esters is 1. The highest BCUT2D eigenvalue weighted by molar-refractivity contribution is 5.75. The first-order chi connectivity index (χ1) is 9.21. The highest BCUT2D eigenvalue weighted by Gasteiger charge is 2.22. The first-order valence-electron chi connectivity index (χ1n) is 7.83. The van der Waals surface area contributed by atoms with Gasteiger partial charge in [0.2, 0.25) is 0 Å². The third-order valence-electron chi connectivity index (χ3n) is 3.94. The molecule has 1 rings (SSSR count). The summed E-state index contributed by atoms with van der Waals surface area (Å²) in [5.41, 5.74) is 0. The topological polar surface area (TPSA) is 41.6 Å². The van der Waals surface area contributed by atoms with Gasteiger partial charge >= 0.3 is 5.97 Å². The van der Waals surface area contributed by atoms with Gasteiger partial charge in [-0.15, -0.1) is 0 Å². The predicted molar refractivity (Wildman–Crippen MR) is 78.2 cm³/mol. The molecule has 0 aromatic rings. The van der Waals surface area contributed by atoms with Gasteiger partial charge in [-0.25, -0.2) is 0 Å². The summed E-state index contributed by atoms with van der Waals surface area (Å²) in [7, 11) is 0. The predicted octanol–water partition coefficient (Wildman–Crippen LogP) is 2.04. The van der Waals surface area contributed by atoms with E-state index in [0.717, 1.165) is 25.4 Å². The molecule has 1 aliphatic rings. The van der Waals surface area contributed by atoms with Crippen LogP contribution in [0.4, 0.5) is 0 Å². The number of rotatable bonds is 8. The molecule has 1 fully saturated rings. The normalized spacial score (nSPS) is 22.2. The lowest BCUT2D eigenvalue weighted by molar-refractivity contribution is -0.145. The van der Waals surface area contributed by atoms with Gasteiger partial charge < -0.3 is 15.0 Å². The van der Waals surface area contributed by atoms with Crippen molar-refractivity contribution in [1.29, 1.82) is 0 Å². The zero-order chi connectivity index (χ0) is 14.1. The molecular formula is C15H30N2O2. The number of hydrogen-bond donors (Lipinski definition) is 1. The van der Waals surface area contributed by atoms with Gasteiger partial charge in [0, 0.05) is 13.1 Å². The minimum absolute atomic E-state index is 0.103. The lowest BCUT2D eigenvalue weighted by atomic mass is 9.95. The smallest absolute Gasteiger partial charge is 0.323 e. The quantitative estimate of drug-likeness (QED) is 0.685. The first-order valence-corrected chi connectivity index (χ1v) is 7.83. The van der Waals surface area contributed by atoms with Gasteiger partial charge in [-0.2, -0.15) is 0 Å². The average Bonchev–Trinajstić information content (AvgIpc) is 2.44. The largest absolute Gasteiger partial charge is 0.465 e. The number of carbonyl (C=O) groups is 1. The van der Waals surface area contributed by atoms with E-state index in [-0.39, 0.29) is 12.0 Å². The summed E-state index contributed by atoms with van der Waals surface area (Å²) in [6.07, 6.45) is 4.78. The lowest BCUT2D eigenvalue weighted by Gasteiger charge is -2.33. The van der Waals surface area contributed by atoms with Crippen molar-refractivity contribution in [2.24, 2.45) is 5.92 Å². The van der Waals surface area contributed by atoms with Crippen LogP contribution in [0.3, 0.4) is 0 Å². The van der Waals surface area contributed by atoms with E-state index in [0.29, 0.717) is 6.61 Å². The van der Waals surface area contributed by atoms with Crippen LogP contribution >= 0.6 is 0 Å².